The van der Waals surface area contributed by atoms with Crippen LogP contribution in [-0.4, -0.2) is 16.0 Å². The minimum absolute atomic E-state index is 0.0728. The fourth-order valence-electron chi connectivity index (χ4n) is 2.57. The lowest BCUT2D eigenvalue weighted by atomic mass is 10.1. The number of carbonyl (C=O) groups is 1. The van der Waals surface area contributed by atoms with Crippen molar-refractivity contribution in [2.75, 3.05) is 0 Å². The van der Waals surface area contributed by atoms with Crippen LogP contribution in [-0.2, 0) is 0 Å². The summed E-state index contributed by atoms with van der Waals surface area (Å²) in [6.45, 7) is 0. The van der Waals surface area contributed by atoms with Gasteiger partial charge in [0.2, 0.25) is 0 Å². The highest BCUT2D eigenvalue weighted by atomic mass is 32.1. The predicted octanol–water partition coefficient (Wildman–Crippen LogP) is 3.68. The average molecular weight is 325 g/mol. The fourth-order valence-corrected chi connectivity index (χ4v) is 3.44. The molecule has 1 aliphatic rings. The van der Waals surface area contributed by atoms with Crippen molar-refractivity contribution in [3.8, 4) is 11.3 Å². The Morgan fingerprint density at radius 3 is 2.83 bits per heavy atom. The zero-order valence-electron chi connectivity index (χ0n) is 12.3. The van der Waals surface area contributed by atoms with Crippen LogP contribution < -0.4 is 5.32 Å². The highest BCUT2D eigenvalue weighted by Crippen LogP contribution is 2.42. The zero-order valence-corrected chi connectivity index (χ0v) is 13.1. The van der Waals surface area contributed by atoms with Gasteiger partial charge in [-0.1, -0.05) is 11.2 Å². The van der Waals surface area contributed by atoms with Crippen LogP contribution >= 0.6 is 11.3 Å². The summed E-state index contributed by atoms with van der Waals surface area (Å²) in [6, 6.07) is 9.46. The van der Waals surface area contributed by atoms with Crippen molar-refractivity contribution in [2.24, 2.45) is 5.92 Å². The van der Waals surface area contributed by atoms with Gasteiger partial charge >= 0.3 is 0 Å². The molecule has 1 N–H and O–H groups in total. The van der Waals surface area contributed by atoms with Crippen molar-refractivity contribution in [3.05, 3.63) is 58.7 Å². The van der Waals surface area contributed by atoms with E-state index in [1.54, 1.807) is 29.8 Å². The Bertz CT molecular complexity index is 794. The van der Waals surface area contributed by atoms with Crippen molar-refractivity contribution < 1.29 is 9.32 Å². The van der Waals surface area contributed by atoms with Crippen LogP contribution in [0.1, 0.15) is 34.2 Å². The minimum atomic E-state index is -0.195. The molecular formula is C17H15N3O2S. The van der Waals surface area contributed by atoms with Crippen molar-refractivity contribution in [1.29, 1.82) is 0 Å². The smallest absolute Gasteiger partial charge is 0.274 e. The Kier molecular flexibility index (Phi) is 3.67. The lowest BCUT2D eigenvalue weighted by Crippen LogP contribution is -2.29. The molecule has 116 valence electrons. The summed E-state index contributed by atoms with van der Waals surface area (Å²) >= 11 is 1.67. The number of pyridine rings is 1. The van der Waals surface area contributed by atoms with E-state index in [4.69, 9.17) is 4.52 Å². The molecule has 0 bridgehead atoms. The van der Waals surface area contributed by atoms with Crippen LogP contribution in [0, 0.1) is 5.92 Å². The van der Waals surface area contributed by atoms with E-state index in [9.17, 15) is 4.79 Å². The second kappa shape index (κ2) is 5.96. The molecular weight excluding hydrogens is 310 g/mol. The van der Waals surface area contributed by atoms with Crippen LogP contribution in [0.3, 0.4) is 0 Å². The third-order valence-electron chi connectivity index (χ3n) is 3.94. The average Bonchev–Trinajstić information content (AvgIpc) is 3.08. The lowest BCUT2D eigenvalue weighted by Gasteiger charge is -2.15. The van der Waals surface area contributed by atoms with Crippen molar-refractivity contribution in [3.63, 3.8) is 0 Å². The Hall–Kier alpha value is -2.47. The van der Waals surface area contributed by atoms with E-state index in [0.717, 1.165) is 18.4 Å². The summed E-state index contributed by atoms with van der Waals surface area (Å²) in [6.07, 6.45) is 5.67. The number of aromatic nitrogens is 2. The quantitative estimate of drug-likeness (QED) is 0.777. The number of nitrogens with zero attached hydrogens (tertiary/aromatic N) is 2. The largest absolute Gasteiger partial charge is 0.355 e. The summed E-state index contributed by atoms with van der Waals surface area (Å²) < 4.78 is 5.28. The van der Waals surface area contributed by atoms with Crippen LogP contribution in [0.5, 0.6) is 0 Å². The Morgan fingerprint density at radius 2 is 2.13 bits per heavy atom. The first-order chi connectivity index (χ1) is 11.3. The van der Waals surface area contributed by atoms with Crippen LogP contribution in [0.4, 0.5) is 0 Å². The van der Waals surface area contributed by atoms with E-state index in [1.165, 1.54) is 4.88 Å². The molecule has 0 aromatic carbocycles. The molecule has 3 aromatic rings. The molecule has 5 nitrogen and oxygen atoms in total. The van der Waals surface area contributed by atoms with E-state index in [0.29, 0.717) is 17.4 Å². The third-order valence-corrected chi connectivity index (χ3v) is 4.89. The second-order valence-corrected chi connectivity index (χ2v) is 6.60. The van der Waals surface area contributed by atoms with Gasteiger partial charge in [0.05, 0.1) is 6.04 Å². The van der Waals surface area contributed by atoms with Crippen LogP contribution in [0.25, 0.3) is 11.3 Å². The van der Waals surface area contributed by atoms with Crippen molar-refractivity contribution in [2.45, 2.75) is 18.9 Å². The van der Waals surface area contributed by atoms with Crippen LogP contribution in [0.2, 0.25) is 0 Å². The predicted molar refractivity (Wildman–Crippen MR) is 87.0 cm³/mol. The highest BCUT2D eigenvalue weighted by Gasteiger charge is 2.34. The van der Waals surface area contributed by atoms with Gasteiger partial charge in [-0.2, -0.15) is 0 Å². The Balaban J connectivity index is 1.52. The number of hydrogen-bond donors (Lipinski definition) is 1. The molecule has 1 amide bonds. The maximum Gasteiger partial charge on any atom is 0.274 e. The first-order valence-corrected chi connectivity index (χ1v) is 8.40. The van der Waals surface area contributed by atoms with E-state index < -0.39 is 0 Å². The normalized spacial score (nSPS) is 15.3. The van der Waals surface area contributed by atoms with E-state index in [-0.39, 0.29) is 11.9 Å². The molecule has 3 heterocycles. The Morgan fingerprint density at radius 1 is 1.30 bits per heavy atom. The molecule has 23 heavy (non-hydrogen) atoms. The second-order valence-electron chi connectivity index (χ2n) is 5.62. The number of nitrogens with one attached hydrogen (secondary N) is 1. The number of hydrogen-bond acceptors (Lipinski definition) is 5. The summed E-state index contributed by atoms with van der Waals surface area (Å²) in [7, 11) is 0. The first-order valence-electron chi connectivity index (χ1n) is 7.52. The molecule has 1 aliphatic carbocycles. The van der Waals surface area contributed by atoms with Gasteiger partial charge in [-0.15, -0.1) is 11.3 Å². The van der Waals surface area contributed by atoms with Gasteiger partial charge in [0.15, 0.2) is 11.5 Å². The van der Waals surface area contributed by atoms with Gasteiger partial charge < -0.3 is 9.84 Å². The summed E-state index contributed by atoms with van der Waals surface area (Å²) in [5.41, 5.74) is 1.16. The molecule has 4 rings (SSSR count). The SMILES string of the molecule is O=C(NC(c1cccs1)C1CC1)c1cc(-c2ccncc2)on1. The molecule has 1 fully saturated rings. The molecule has 1 saturated carbocycles. The molecule has 0 spiro atoms. The van der Waals surface area contributed by atoms with E-state index in [1.807, 2.05) is 23.6 Å². The lowest BCUT2D eigenvalue weighted by molar-refractivity contribution is 0.0923. The van der Waals surface area contributed by atoms with E-state index >= 15 is 0 Å². The molecule has 1 unspecified atom stereocenters. The summed E-state index contributed by atoms with van der Waals surface area (Å²) in [5.74, 6) is 0.903. The van der Waals surface area contributed by atoms with Gasteiger partial charge in [-0.05, 0) is 42.3 Å². The highest BCUT2D eigenvalue weighted by molar-refractivity contribution is 7.10. The summed E-state index contributed by atoms with van der Waals surface area (Å²) in [4.78, 5) is 17.6. The van der Waals surface area contributed by atoms with Gasteiger partial charge in [0, 0.05) is 28.9 Å². The van der Waals surface area contributed by atoms with Gasteiger partial charge in [0.25, 0.3) is 5.91 Å². The number of carbonyl (C=O) groups excluding carboxylic acids is 1. The summed E-state index contributed by atoms with van der Waals surface area (Å²) in [5, 5.41) is 9.04. The van der Waals surface area contributed by atoms with E-state index in [2.05, 4.69) is 21.5 Å². The molecule has 0 saturated heterocycles. The topological polar surface area (TPSA) is 68.0 Å². The number of thiophene rings is 1. The van der Waals surface area contributed by atoms with Gasteiger partial charge in [-0.25, -0.2) is 0 Å². The third kappa shape index (κ3) is 3.03. The first kappa shape index (κ1) is 14.1. The minimum Gasteiger partial charge on any atom is -0.355 e. The van der Waals surface area contributed by atoms with Gasteiger partial charge in [0.1, 0.15) is 0 Å². The van der Waals surface area contributed by atoms with Crippen molar-refractivity contribution >= 4 is 17.2 Å². The molecule has 6 heteroatoms. The van der Waals surface area contributed by atoms with Crippen molar-refractivity contribution in [1.82, 2.24) is 15.5 Å². The van der Waals surface area contributed by atoms with Gasteiger partial charge in [-0.3, -0.25) is 9.78 Å². The Labute approximate surface area is 137 Å². The fraction of sp³-hybridized carbons (Fsp3) is 0.235. The maximum atomic E-state index is 12.5. The number of amides is 1. The monoisotopic (exact) mass is 325 g/mol. The molecule has 0 aliphatic heterocycles. The zero-order chi connectivity index (χ0) is 15.6. The molecule has 3 aromatic heterocycles. The maximum absolute atomic E-state index is 12.5. The molecule has 1 atom stereocenters. The standard InChI is InChI=1S/C17H15N3O2S/c21-17(19-16(12-3-4-12)15-2-1-9-23-15)13-10-14(22-20-13)11-5-7-18-8-6-11/h1-2,5-10,12,16H,3-4H2,(H,19,21). The van der Waals surface area contributed by atoms with Crippen LogP contribution in [0.15, 0.2) is 52.6 Å². The molecule has 0 radical (unpaired) electrons. The number of rotatable bonds is 5.